The molecule has 2 N–H and O–H groups in total. The van der Waals surface area contributed by atoms with Crippen molar-refractivity contribution in [1.29, 1.82) is 0 Å². The largest absolute Gasteiger partial charge is 0.494 e. The van der Waals surface area contributed by atoms with Crippen LogP contribution in [-0.4, -0.2) is 75.2 Å². The second-order valence-electron chi connectivity index (χ2n) is 10.0. The fraction of sp³-hybridized carbons (Fsp3) is 0.440. The number of imide groups is 2. The highest BCUT2D eigenvalue weighted by Gasteiger charge is 2.63. The molecule has 1 spiro atoms. The summed E-state index contributed by atoms with van der Waals surface area (Å²) in [6.07, 6.45) is 2.75. The molecule has 1 aromatic carbocycles. The van der Waals surface area contributed by atoms with Crippen LogP contribution in [0.2, 0.25) is 0 Å². The molecule has 12 nitrogen and oxygen atoms in total. The minimum Gasteiger partial charge on any atom is -0.494 e. The molecule has 12 heteroatoms. The van der Waals surface area contributed by atoms with Crippen molar-refractivity contribution in [3.8, 4) is 5.88 Å². The number of hydrogen-bond donors (Lipinski definition) is 2. The van der Waals surface area contributed by atoms with Crippen LogP contribution in [0, 0.1) is 5.41 Å². The lowest BCUT2D eigenvalue weighted by Gasteiger charge is -2.50. The zero-order valence-corrected chi connectivity index (χ0v) is 21.0. The van der Waals surface area contributed by atoms with Crippen LogP contribution in [0.25, 0.3) is 0 Å². The second-order valence-corrected chi connectivity index (χ2v) is 10.0. The number of nitrogens with one attached hydrogen (secondary N) is 1. The molecule has 0 radical (unpaired) electrons. The first kappa shape index (κ1) is 24.5. The van der Waals surface area contributed by atoms with E-state index in [-0.39, 0.29) is 18.0 Å². The lowest BCUT2D eigenvalue weighted by atomic mass is 9.68. The lowest BCUT2D eigenvalue weighted by Crippen LogP contribution is -2.70. The molecule has 0 unspecified atom stereocenters. The Bertz CT molecular complexity index is 1460. The average Bonchev–Trinajstić information content (AvgIpc) is 3.35. The van der Waals surface area contributed by atoms with Crippen molar-refractivity contribution in [3.63, 3.8) is 0 Å². The number of nitrogens with zero attached hydrogens (tertiary/aromatic N) is 5. The van der Waals surface area contributed by atoms with E-state index in [1.54, 1.807) is 26.0 Å². The zero-order chi connectivity index (χ0) is 26.8. The minimum atomic E-state index is -1.43. The summed E-state index contributed by atoms with van der Waals surface area (Å²) in [4.78, 5) is 74.5. The minimum absolute atomic E-state index is 0.108. The van der Waals surface area contributed by atoms with Gasteiger partial charge in [-0.2, -0.15) is 0 Å². The van der Waals surface area contributed by atoms with E-state index in [1.807, 2.05) is 6.07 Å². The Morgan fingerprint density at radius 2 is 1.78 bits per heavy atom. The number of hydrogen-bond acceptors (Lipinski definition) is 8. The number of aromatic nitrogens is 2. The Labute approximate surface area is 211 Å². The van der Waals surface area contributed by atoms with Crippen molar-refractivity contribution in [1.82, 2.24) is 19.4 Å². The van der Waals surface area contributed by atoms with Gasteiger partial charge in [-0.25, -0.2) is 9.59 Å². The van der Waals surface area contributed by atoms with Crippen LogP contribution in [0.3, 0.4) is 0 Å². The molecular formula is C25H28N6O6. The SMILES string of the molecule is CC(C)n1c(O)c(C=Nc2ccc3c(c2)CC2(C(=O)N(C)C(=O)N(C)C2=O)[C@H]2CCCN32)c(=O)[nH]c1=O. The fourth-order valence-corrected chi connectivity index (χ4v) is 5.87. The van der Waals surface area contributed by atoms with Gasteiger partial charge in [0.15, 0.2) is 5.41 Å². The third-order valence-corrected chi connectivity index (χ3v) is 7.62. The van der Waals surface area contributed by atoms with E-state index < -0.39 is 46.4 Å². The van der Waals surface area contributed by atoms with Gasteiger partial charge in [0.05, 0.1) is 11.7 Å². The number of benzene rings is 1. The Morgan fingerprint density at radius 1 is 1.11 bits per heavy atom. The predicted molar refractivity (Wildman–Crippen MR) is 135 cm³/mol. The van der Waals surface area contributed by atoms with E-state index >= 15 is 0 Å². The fourth-order valence-electron chi connectivity index (χ4n) is 5.87. The summed E-state index contributed by atoms with van der Waals surface area (Å²) in [6.45, 7) is 4.06. The third kappa shape index (κ3) is 3.42. The number of rotatable bonds is 3. The molecule has 0 aliphatic carbocycles. The van der Waals surface area contributed by atoms with E-state index in [0.29, 0.717) is 18.7 Å². The number of H-pyrrole nitrogens is 1. The first-order valence-electron chi connectivity index (χ1n) is 12.1. The van der Waals surface area contributed by atoms with Gasteiger partial charge in [-0.05, 0) is 56.9 Å². The Morgan fingerprint density at radius 3 is 2.43 bits per heavy atom. The molecule has 2 saturated heterocycles. The number of barbiturate groups is 1. The van der Waals surface area contributed by atoms with E-state index in [9.17, 15) is 29.1 Å². The summed E-state index contributed by atoms with van der Waals surface area (Å²) in [5.41, 5.74) is -1.04. The van der Waals surface area contributed by atoms with Crippen LogP contribution < -0.4 is 16.1 Å². The van der Waals surface area contributed by atoms with Gasteiger partial charge >= 0.3 is 11.7 Å². The predicted octanol–water partition coefficient (Wildman–Crippen LogP) is 1.14. The monoisotopic (exact) mass is 508 g/mol. The number of carbonyl (C=O) groups excluding carboxylic acids is 3. The van der Waals surface area contributed by atoms with Gasteiger partial charge in [0, 0.05) is 38.6 Å². The van der Waals surface area contributed by atoms with E-state index in [1.165, 1.54) is 20.3 Å². The molecule has 4 heterocycles. The maximum Gasteiger partial charge on any atom is 0.332 e. The molecule has 2 fully saturated rings. The molecule has 3 aliphatic heterocycles. The summed E-state index contributed by atoms with van der Waals surface area (Å²) >= 11 is 0. The highest BCUT2D eigenvalue weighted by Crippen LogP contribution is 2.49. The van der Waals surface area contributed by atoms with Crippen LogP contribution in [-0.2, 0) is 16.0 Å². The Kier molecular flexibility index (Phi) is 5.57. The molecular weight excluding hydrogens is 480 g/mol. The summed E-state index contributed by atoms with van der Waals surface area (Å²) < 4.78 is 1.06. The van der Waals surface area contributed by atoms with Gasteiger partial charge < -0.3 is 10.0 Å². The van der Waals surface area contributed by atoms with Gasteiger partial charge in [-0.1, -0.05) is 0 Å². The number of carbonyl (C=O) groups is 3. The van der Waals surface area contributed by atoms with Crippen molar-refractivity contribution in [3.05, 3.63) is 50.2 Å². The molecule has 4 amide bonds. The standard InChI is InChI=1S/C25H28N6O6/c1-13(2)31-20(33)16(19(32)27-23(31)36)12-26-15-7-8-17-14(10-15)11-25(18-6-5-9-30(17)18)21(34)28(3)24(37)29(4)22(25)35/h7-8,10,12-13,18,33H,5-6,9,11H2,1-4H3,(H,27,32,36)/t18-/m1/s1. The van der Waals surface area contributed by atoms with E-state index in [4.69, 9.17) is 0 Å². The van der Waals surface area contributed by atoms with Crippen LogP contribution >= 0.6 is 0 Å². The molecule has 0 saturated carbocycles. The molecule has 0 bridgehead atoms. The molecule has 3 aliphatic rings. The quantitative estimate of drug-likeness (QED) is 0.466. The van der Waals surface area contributed by atoms with Crippen LogP contribution in [0.15, 0.2) is 32.8 Å². The van der Waals surface area contributed by atoms with Crippen LogP contribution in [0.4, 0.5) is 16.2 Å². The number of urea groups is 1. The highest BCUT2D eigenvalue weighted by molar-refractivity contribution is 6.20. The first-order chi connectivity index (χ1) is 17.5. The summed E-state index contributed by atoms with van der Waals surface area (Å²) in [5.74, 6) is -1.51. The summed E-state index contributed by atoms with van der Waals surface area (Å²) in [6, 6.07) is 3.95. The smallest absolute Gasteiger partial charge is 0.332 e. The number of fused-ring (bicyclic) bond motifs is 4. The van der Waals surface area contributed by atoms with Crippen molar-refractivity contribution < 1.29 is 19.5 Å². The molecule has 5 rings (SSSR count). The van der Waals surface area contributed by atoms with Crippen molar-refractivity contribution in [2.24, 2.45) is 10.4 Å². The van der Waals surface area contributed by atoms with Crippen molar-refractivity contribution in [2.75, 3.05) is 25.5 Å². The van der Waals surface area contributed by atoms with Crippen molar-refractivity contribution >= 4 is 35.4 Å². The van der Waals surface area contributed by atoms with Gasteiger partial charge in [0.1, 0.15) is 5.56 Å². The van der Waals surface area contributed by atoms with Crippen LogP contribution in [0.1, 0.15) is 43.9 Å². The Balaban J connectivity index is 1.57. The molecule has 37 heavy (non-hydrogen) atoms. The topological polar surface area (TPSA) is 148 Å². The second kappa shape index (κ2) is 8.43. The number of aliphatic imine (C=N–C) groups is 1. The molecule has 194 valence electrons. The average molecular weight is 509 g/mol. The lowest BCUT2D eigenvalue weighted by molar-refractivity contribution is -0.159. The zero-order valence-electron chi connectivity index (χ0n) is 21.0. The molecule has 2 aromatic rings. The third-order valence-electron chi connectivity index (χ3n) is 7.62. The van der Waals surface area contributed by atoms with Gasteiger partial charge in [-0.15, -0.1) is 0 Å². The van der Waals surface area contributed by atoms with Gasteiger partial charge in [0.2, 0.25) is 17.7 Å². The van der Waals surface area contributed by atoms with E-state index in [0.717, 1.165) is 32.0 Å². The Hall–Kier alpha value is -4.22. The van der Waals surface area contributed by atoms with Gasteiger partial charge in [-0.3, -0.25) is 38.7 Å². The first-order valence-corrected chi connectivity index (χ1v) is 12.1. The normalized spacial score (nSPS) is 20.9. The van der Waals surface area contributed by atoms with Crippen LogP contribution in [0.5, 0.6) is 5.88 Å². The number of aromatic hydroxyl groups is 1. The van der Waals surface area contributed by atoms with Crippen molar-refractivity contribution in [2.45, 2.75) is 45.2 Å². The maximum absolute atomic E-state index is 13.5. The summed E-state index contributed by atoms with van der Waals surface area (Å²) in [5, 5.41) is 10.5. The highest BCUT2D eigenvalue weighted by atomic mass is 16.3. The maximum atomic E-state index is 13.5. The molecule has 1 aromatic heterocycles. The summed E-state index contributed by atoms with van der Waals surface area (Å²) in [7, 11) is 2.79. The number of aromatic amines is 1. The van der Waals surface area contributed by atoms with Gasteiger partial charge in [0.25, 0.3) is 5.56 Å². The molecule has 1 atom stereocenters. The number of amides is 4. The van der Waals surface area contributed by atoms with E-state index in [2.05, 4.69) is 14.9 Å². The number of anilines is 1.